The zero-order valence-corrected chi connectivity index (χ0v) is 7.35. The molecule has 0 aromatic carbocycles. The summed E-state index contributed by atoms with van der Waals surface area (Å²) in [5.74, 6) is -1.73. The van der Waals surface area contributed by atoms with Crippen LogP contribution < -0.4 is 4.72 Å². The summed E-state index contributed by atoms with van der Waals surface area (Å²) < 4.78 is 6.53. The van der Waals surface area contributed by atoms with Crippen molar-refractivity contribution in [2.45, 2.75) is 26.4 Å². The maximum absolute atomic E-state index is 10.7. The van der Waals surface area contributed by atoms with E-state index in [0.717, 1.165) is 0 Å². The summed E-state index contributed by atoms with van der Waals surface area (Å²) in [7, 11) is 0. The van der Waals surface area contributed by atoms with Crippen molar-refractivity contribution in [1.29, 1.82) is 0 Å². The zero-order valence-electron chi connectivity index (χ0n) is 6.46. The van der Waals surface area contributed by atoms with E-state index in [-0.39, 0.29) is 6.10 Å². The lowest BCUT2D eigenvalue weighted by molar-refractivity contribution is -0.157. The monoisotopic (exact) mass is 177 g/mol. The number of ether oxygens (including phenoxy) is 1. The van der Waals surface area contributed by atoms with Crippen molar-refractivity contribution in [3.63, 3.8) is 0 Å². The lowest BCUT2D eigenvalue weighted by atomic mass is 10.3. The van der Waals surface area contributed by atoms with Gasteiger partial charge in [0, 0.05) is 0 Å². The lowest BCUT2D eigenvalue weighted by Gasteiger charge is -2.08. The van der Waals surface area contributed by atoms with Crippen LogP contribution in [-0.4, -0.2) is 18.0 Å². The van der Waals surface area contributed by atoms with Gasteiger partial charge in [0.05, 0.1) is 6.10 Å². The lowest BCUT2D eigenvalue weighted by Crippen LogP contribution is -2.28. The van der Waals surface area contributed by atoms with Crippen LogP contribution >= 0.6 is 12.8 Å². The van der Waals surface area contributed by atoms with Crippen LogP contribution in [0.25, 0.3) is 0 Å². The van der Waals surface area contributed by atoms with Gasteiger partial charge in [0.2, 0.25) is 0 Å². The second kappa shape index (κ2) is 5.01. The fourth-order valence-corrected chi connectivity index (χ4v) is 0.457. The molecule has 0 rings (SSSR count). The Balaban J connectivity index is 3.77. The number of thiol groups is 1. The second-order valence-electron chi connectivity index (χ2n) is 2.07. The Labute approximate surface area is 70.8 Å². The van der Waals surface area contributed by atoms with Crippen LogP contribution in [0.1, 0.15) is 20.3 Å². The smallest absolute Gasteiger partial charge is 0.397 e. The Bertz CT molecular complexity index is 160. The molecule has 0 heterocycles. The standard InChI is InChI=1S/C6H11NO3S/c1-3-4(2)10-6(9)5(8)7-11/h4,11H,3H2,1-2H3,(H,7,8). The van der Waals surface area contributed by atoms with Gasteiger partial charge in [-0.1, -0.05) is 19.7 Å². The molecular weight excluding hydrogens is 166 g/mol. The van der Waals surface area contributed by atoms with Crippen molar-refractivity contribution in [3.8, 4) is 0 Å². The molecular formula is C6H11NO3S. The maximum atomic E-state index is 10.7. The van der Waals surface area contributed by atoms with E-state index in [1.165, 1.54) is 0 Å². The number of esters is 1. The van der Waals surface area contributed by atoms with E-state index in [1.807, 2.05) is 11.6 Å². The molecule has 11 heavy (non-hydrogen) atoms. The van der Waals surface area contributed by atoms with E-state index in [0.29, 0.717) is 6.42 Å². The van der Waals surface area contributed by atoms with Gasteiger partial charge in [-0.15, -0.1) is 0 Å². The summed E-state index contributed by atoms with van der Waals surface area (Å²) in [5, 5.41) is 0. The van der Waals surface area contributed by atoms with Crippen molar-refractivity contribution in [3.05, 3.63) is 0 Å². The van der Waals surface area contributed by atoms with E-state index >= 15 is 0 Å². The predicted octanol–water partition coefficient (Wildman–Crippen LogP) is 0.289. The van der Waals surface area contributed by atoms with Gasteiger partial charge in [0.25, 0.3) is 0 Å². The highest BCUT2D eigenvalue weighted by Crippen LogP contribution is 1.95. The van der Waals surface area contributed by atoms with Crippen LogP contribution in [0.15, 0.2) is 0 Å². The van der Waals surface area contributed by atoms with Crippen LogP contribution in [0, 0.1) is 0 Å². The van der Waals surface area contributed by atoms with E-state index in [2.05, 4.69) is 17.6 Å². The number of carbonyl (C=O) groups is 2. The number of amides is 1. The number of rotatable bonds is 2. The minimum absolute atomic E-state index is 0.229. The molecule has 0 aromatic rings. The molecule has 1 N–H and O–H groups in total. The van der Waals surface area contributed by atoms with E-state index < -0.39 is 11.9 Å². The zero-order chi connectivity index (χ0) is 8.85. The summed E-state index contributed by atoms with van der Waals surface area (Å²) in [4.78, 5) is 21.2. The third-order valence-electron chi connectivity index (χ3n) is 1.17. The number of hydrogen-bond acceptors (Lipinski definition) is 4. The van der Waals surface area contributed by atoms with Crippen molar-refractivity contribution < 1.29 is 14.3 Å². The van der Waals surface area contributed by atoms with Crippen molar-refractivity contribution in [2.24, 2.45) is 0 Å². The van der Waals surface area contributed by atoms with Gasteiger partial charge in [-0.25, -0.2) is 4.79 Å². The van der Waals surface area contributed by atoms with E-state index in [1.54, 1.807) is 6.92 Å². The van der Waals surface area contributed by atoms with E-state index in [9.17, 15) is 9.59 Å². The van der Waals surface area contributed by atoms with E-state index in [4.69, 9.17) is 0 Å². The van der Waals surface area contributed by atoms with Crippen LogP contribution in [-0.2, 0) is 14.3 Å². The van der Waals surface area contributed by atoms with Gasteiger partial charge in [0.15, 0.2) is 0 Å². The number of carbonyl (C=O) groups excluding carboxylic acids is 2. The Kier molecular flexibility index (Phi) is 4.69. The molecule has 0 aromatic heterocycles. The Hall–Kier alpha value is -0.710. The van der Waals surface area contributed by atoms with Crippen molar-refractivity contribution >= 4 is 24.7 Å². The first-order valence-corrected chi connectivity index (χ1v) is 3.71. The fourth-order valence-electron chi connectivity index (χ4n) is 0.365. The SMILES string of the molecule is CCC(C)OC(=O)C(=O)NS. The van der Waals surface area contributed by atoms with Crippen LogP contribution in [0.5, 0.6) is 0 Å². The topological polar surface area (TPSA) is 55.4 Å². The third kappa shape index (κ3) is 3.87. The van der Waals surface area contributed by atoms with Gasteiger partial charge < -0.3 is 4.74 Å². The molecule has 1 unspecified atom stereocenters. The molecule has 1 atom stereocenters. The molecule has 0 fully saturated rings. The summed E-state index contributed by atoms with van der Waals surface area (Å²) in [5.41, 5.74) is 0. The quantitative estimate of drug-likeness (QED) is 0.362. The van der Waals surface area contributed by atoms with Gasteiger partial charge in [-0.2, -0.15) is 0 Å². The normalized spacial score (nSPS) is 11.9. The minimum Gasteiger partial charge on any atom is -0.456 e. The van der Waals surface area contributed by atoms with Crippen LogP contribution in [0.2, 0.25) is 0 Å². The maximum Gasteiger partial charge on any atom is 0.397 e. The van der Waals surface area contributed by atoms with Gasteiger partial charge in [-0.05, 0) is 13.3 Å². The summed E-state index contributed by atoms with van der Waals surface area (Å²) in [6.07, 6.45) is 0.458. The highest BCUT2D eigenvalue weighted by atomic mass is 32.1. The molecule has 0 spiro atoms. The molecule has 0 radical (unpaired) electrons. The number of nitrogens with one attached hydrogen (secondary N) is 1. The molecule has 4 nitrogen and oxygen atoms in total. The third-order valence-corrected chi connectivity index (χ3v) is 1.37. The molecule has 0 aliphatic heterocycles. The fraction of sp³-hybridized carbons (Fsp3) is 0.667. The predicted molar refractivity (Wildman–Crippen MR) is 43.0 cm³/mol. The molecule has 5 heteroatoms. The van der Waals surface area contributed by atoms with Crippen molar-refractivity contribution in [1.82, 2.24) is 4.72 Å². The highest BCUT2D eigenvalue weighted by Gasteiger charge is 2.15. The molecule has 1 amide bonds. The largest absolute Gasteiger partial charge is 0.456 e. The van der Waals surface area contributed by atoms with Crippen LogP contribution in [0.3, 0.4) is 0 Å². The molecule has 0 bridgehead atoms. The van der Waals surface area contributed by atoms with Gasteiger partial charge in [0.1, 0.15) is 0 Å². The number of hydrogen-bond donors (Lipinski definition) is 2. The van der Waals surface area contributed by atoms with Crippen molar-refractivity contribution in [2.75, 3.05) is 0 Å². The summed E-state index contributed by atoms with van der Waals surface area (Å²) in [6, 6.07) is 0. The Morgan fingerprint density at radius 2 is 2.18 bits per heavy atom. The van der Waals surface area contributed by atoms with Gasteiger partial charge in [-0.3, -0.25) is 9.52 Å². The minimum atomic E-state index is -0.894. The Morgan fingerprint density at radius 1 is 1.64 bits per heavy atom. The highest BCUT2D eigenvalue weighted by molar-refractivity contribution is 7.78. The second-order valence-corrected chi connectivity index (χ2v) is 2.29. The first-order chi connectivity index (χ1) is 5.11. The average Bonchev–Trinajstić information content (AvgIpc) is 2.02. The first kappa shape index (κ1) is 10.3. The first-order valence-electron chi connectivity index (χ1n) is 3.26. The molecule has 0 saturated carbocycles. The van der Waals surface area contributed by atoms with Gasteiger partial charge >= 0.3 is 11.9 Å². The summed E-state index contributed by atoms with van der Waals surface area (Å²) >= 11 is 3.41. The average molecular weight is 177 g/mol. The molecule has 0 aliphatic rings. The Morgan fingerprint density at radius 3 is 2.55 bits per heavy atom. The summed E-state index contributed by atoms with van der Waals surface area (Å²) in [6.45, 7) is 3.57. The molecule has 64 valence electrons. The van der Waals surface area contributed by atoms with Crippen LogP contribution in [0.4, 0.5) is 0 Å². The molecule has 0 aliphatic carbocycles. The molecule has 0 saturated heterocycles.